The Morgan fingerprint density at radius 1 is 0.714 bits per heavy atom. The first-order chi connectivity index (χ1) is 33.6. The van der Waals surface area contributed by atoms with Gasteiger partial charge in [-0.1, -0.05) is 67.1 Å². The lowest BCUT2D eigenvalue weighted by atomic mass is 9.95. The molecule has 3 aliphatic heterocycles. The number of halogens is 2. The van der Waals surface area contributed by atoms with E-state index in [9.17, 15) is 48.2 Å². The molecule has 0 radical (unpaired) electrons. The van der Waals surface area contributed by atoms with Gasteiger partial charge in [-0.15, -0.1) is 23.2 Å². The smallest absolute Gasteiger partial charge is 0.507 e. The summed E-state index contributed by atoms with van der Waals surface area (Å²) in [5.41, 5.74) is 3.76. The number of carbonyl (C=O) groups is 6. The highest BCUT2D eigenvalue weighted by Crippen LogP contribution is 2.49. The molecule has 0 saturated heterocycles. The minimum atomic E-state index is -4.97. The molecular formula is C51H48Cl2N5O11P. The van der Waals surface area contributed by atoms with Gasteiger partial charge in [-0.3, -0.25) is 43.5 Å². The van der Waals surface area contributed by atoms with Crippen molar-refractivity contribution in [3.8, 4) is 11.5 Å². The van der Waals surface area contributed by atoms with Gasteiger partial charge in [0.25, 0.3) is 23.6 Å². The summed E-state index contributed by atoms with van der Waals surface area (Å²) in [6.45, 7) is 0.764. The third-order valence-electron chi connectivity index (χ3n) is 12.4. The Labute approximate surface area is 412 Å². The van der Waals surface area contributed by atoms with Crippen LogP contribution in [0.2, 0.25) is 0 Å². The van der Waals surface area contributed by atoms with Gasteiger partial charge in [-0.2, -0.15) is 0 Å². The first kappa shape index (κ1) is 49.6. The van der Waals surface area contributed by atoms with Gasteiger partial charge in [-0.05, 0) is 64.1 Å². The number of nitrogens with one attached hydrogen (secondary N) is 2. The summed E-state index contributed by atoms with van der Waals surface area (Å²) in [4.78, 5) is 101. The summed E-state index contributed by atoms with van der Waals surface area (Å²) >= 11 is 12.8. The Hall–Kier alpha value is -6.81. The van der Waals surface area contributed by atoms with E-state index in [1.54, 1.807) is 71.6 Å². The Kier molecular flexibility index (Phi) is 15.2. The molecular weight excluding hydrogens is 960 g/mol. The number of rotatable bonds is 18. The molecule has 3 heterocycles. The topological polar surface area (TPSA) is 223 Å². The summed E-state index contributed by atoms with van der Waals surface area (Å²) in [5, 5.41) is 19.1. The highest BCUT2D eigenvalue weighted by molar-refractivity contribution is 7.46. The highest BCUT2D eigenvalue weighted by atomic mass is 35.5. The number of phosphoric acid groups is 1. The van der Waals surface area contributed by atoms with E-state index >= 15 is 0 Å². The summed E-state index contributed by atoms with van der Waals surface area (Å²) < 4.78 is 17.0. The van der Waals surface area contributed by atoms with Gasteiger partial charge in [0.1, 0.15) is 11.5 Å². The molecule has 2 atom stereocenters. The van der Waals surface area contributed by atoms with Crippen LogP contribution in [0.25, 0.3) is 33.7 Å². The van der Waals surface area contributed by atoms with Crippen LogP contribution in [0.15, 0.2) is 103 Å². The molecule has 0 fully saturated rings. The molecule has 16 nitrogen and oxygen atoms in total. The van der Waals surface area contributed by atoms with Crippen LogP contribution in [-0.4, -0.2) is 93.2 Å². The second-order valence-electron chi connectivity index (χ2n) is 17.0. The zero-order valence-corrected chi connectivity index (χ0v) is 40.0. The average molecular weight is 1010 g/mol. The van der Waals surface area contributed by atoms with Crippen molar-refractivity contribution in [1.82, 2.24) is 10.2 Å². The Bertz CT molecular complexity index is 3060. The normalized spacial score (nSPS) is 16.5. The van der Waals surface area contributed by atoms with Crippen molar-refractivity contribution in [1.29, 1.82) is 0 Å². The van der Waals surface area contributed by atoms with Gasteiger partial charge in [0, 0.05) is 116 Å². The summed E-state index contributed by atoms with van der Waals surface area (Å²) in [5.74, 6) is -2.42. The van der Waals surface area contributed by atoms with Crippen molar-refractivity contribution in [2.75, 3.05) is 53.1 Å². The van der Waals surface area contributed by atoms with E-state index in [0.717, 1.165) is 21.4 Å². The number of carbonyl (C=O) groups excluding carboxylic acids is 6. The summed E-state index contributed by atoms with van der Waals surface area (Å²) in [6.07, 6.45) is 10.0. The fourth-order valence-corrected chi connectivity index (χ4v) is 10.1. The standard InChI is InChI=1S/C51H48Cl2N5O11P/c52-27-33-29-57(40-25-42(59)35-8-3-5-10-37(35)50(33)40)49(65)18-16-32-15-13-31(24-39(32)55-45(61)21-22-54-44(60)12-2-1-7-23-56-46(62)19-20-47(56)63)14-17-48(64)58-30-34(28-53)51-38-11-6-4-9-36(38)43(26-41(51)58)69-70(66,67)68/h3-6,8-11,13-20,24-26,33-34,59H,1-2,7,12,21-23,27-30H2,(H,54,60)(H,55,61)(H2,66,67,68)/t33-,34?/m1/s1. The number of phenolic OH excluding ortho intramolecular Hbond substituents is 1. The van der Waals surface area contributed by atoms with Crippen molar-refractivity contribution in [2.24, 2.45) is 0 Å². The molecule has 5 aromatic carbocycles. The number of aromatic hydroxyl groups is 1. The predicted octanol–water partition coefficient (Wildman–Crippen LogP) is 7.87. The van der Waals surface area contributed by atoms with Gasteiger partial charge < -0.3 is 30.1 Å². The number of fused-ring (bicyclic) bond motifs is 6. The zero-order valence-electron chi connectivity index (χ0n) is 37.6. The van der Waals surface area contributed by atoms with Crippen molar-refractivity contribution in [3.05, 3.63) is 125 Å². The van der Waals surface area contributed by atoms with Crippen molar-refractivity contribution >= 4 is 117 Å². The highest BCUT2D eigenvalue weighted by Gasteiger charge is 2.36. The molecule has 5 aromatic rings. The van der Waals surface area contributed by atoms with Gasteiger partial charge in [0.2, 0.25) is 11.8 Å². The van der Waals surface area contributed by atoms with E-state index in [-0.39, 0.29) is 91.8 Å². The van der Waals surface area contributed by atoms with Crippen LogP contribution in [0.3, 0.4) is 0 Å². The number of unbranched alkanes of at least 4 members (excludes halogenated alkanes) is 2. The first-order valence-electron chi connectivity index (χ1n) is 22.5. The number of nitrogens with zero attached hydrogens (tertiary/aromatic N) is 3. The third kappa shape index (κ3) is 11.0. The lowest BCUT2D eigenvalue weighted by Crippen LogP contribution is -2.31. The second kappa shape index (κ2) is 21.5. The molecule has 0 saturated carbocycles. The summed E-state index contributed by atoms with van der Waals surface area (Å²) in [7, 11) is -4.97. The van der Waals surface area contributed by atoms with Crippen LogP contribution < -0.4 is 25.0 Å². The molecule has 5 N–H and O–H groups in total. The molecule has 8 rings (SSSR count). The number of anilines is 3. The number of imide groups is 1. The van der Waals surface area contributed by atoms with Crippen LogP contribution >= 0.6 is 31.0 Å². The zero-order chi connectivity index (χ0) is 49.7. The quantitative estimate of drug-likeness (QED) is 0.0187. The number of phenols is 1. The first-order valence-corrected chi connectivity index (χ1v) is 25.1. The van der Waals surface area contributed by atoms with Gasteiger partial charge >= 0.3 is 7.82 Å². The monoisotopic (exact) mass is 1010 g/mol. The van der Waals surface area contributed by atoms with E-state index in [2.05, 4.69) is 10.6 Å². The minimum absolute atomic E-state index is 0.0259. The van der Waals surface area contributed by atoms with Crippen LogP contribution in [0.5, 0.6) is 11.5 Å². The molecule has 1 unspecified atom stereocenters. The molecule has 0 bridgehead atoms. The molecule has 0 spiro atoms. The Morgan fingerprint density at radius 3 is 1.93 bits per heavy atom. The minimum Gasteiger partial charge on any atom is -0.507 e. The van der Waals surface area contributed by atoms with E-state index in [1.807, 2.05) is 18.2 Å². The predicted molar refractivity (Wildman–Crippen MR) is 269 cm³/mol. The Balaban J connectivity index is 0.993. The fourth-order valence-electron chi connectivity index (χ4n) is 9.15. The maximum Gasteiger partial charge on any atom is 0.524 e. The van der Waals surface area contributed by atoms with E-state index < -0.39 is 25.5 Å². The SMILES string of the molecule is O=C(CCCCCN1C(=O)C=CC1=O)NCCC(=O)Nc1cc(C=CC(=O)N2CC(CCl)c3c2cc(OP(=O)(O)O)c2ccccc32)ccc1C=CC(=O)N1C[C@@H](CCl)c2c1cc(O)c1ccccc21. The Morgan fingerprint density at radius 2 is 1.30 bits per heavy atom. The molecule has 70 heavy (non-hydrogen) atoms. The van der Waals surface area contributed by atoms with Crippen molar-refractivity contribution in [3.63, 3.8) is 0 Å². The number of alkyl halides is 2. The fraction of sp³-hybridized carbons (Fsp3) is 0.255. The van der Waals surface area contributed by atoms with Gasteiger partial charge in [0.15, 0.2) is 0 Å². The van der Waals surface area contributed by atoms with E-state index in [0.29, 0.717) is 63.6 Å². The van der Waals surface area contributed by atoms with Crippen molar-refractivity contribution in [2.45, 2.75) is 43.9 Å². The van der Waals surface area contributed by atoms with E-state index in [1.165, 1.54) is 35.3 Å². The number of phosphoric ester groups is 1. The maximum atomic E-state index is 14.0. The van der Waals surface area contributed by atoms with Crippen LogP contribution in [0, 0.1) is 0 Å². The number of hydrogen-bond donors (Lipinski definition) is 5. The average Bonchev–Trinajstić information content (AvgIpc) is 4.01. The summed E-state index contributed by atoms with van der Waals surface area (Å²) in [6, 6.07) is 22.3. The lowest BCUT2D eigenvalue weighted by molar-refractivity contribution is -0.137. The van der Waals surface area contributed by atoms with Crippen LogP contribution in [0.1, 0.15) is 66.2 Å². The van der Waals surface area contributed by atoms with Crippen LogP contribution in [-0.2, 0) is 33.3 Å². The largest absolute Gasteiger partial charge is 0.524 e. The molecule has 0 aliphatic carbocycles. The molecule has 0 aromatic heterocycles. The van der Waals surface area contributed by atoms with Crippen LogP contribution in [0.4, 0.5) is 17.1 Å². The molecule has 19 heteroatoms. The molecule has 362 valence electrons. The van der Waals surface area contributed by atoms with Gasteiger partial charge in [-0.25, -0.2) is 4.57 Å². The molecule has 6 amide bonds. The molecule has 3 aliphatic rings. The van der Waals surface area contributed by atoms with Gasteiger partial charge in [0.05, 0.1) is 11.4 Å². The second-order valence-corrected chi connectivity index (χ2v) is 18.8. The third-order valence-corrected chi connectivity index (χ3v) is 13.6. The lowest BCUT2D eigenvalue weighted by Gasteiger charge is -2.18. The van der Waals surface area contributed by atoms with E-state index in [4.69, 9.17) is 27.7 Å². The number of hydrogen-bond acceptors (Lipinski definition) is 9. The maximum absolute atomic E-state index is 14.0. The van der Waals surface area contributed by atoms with Crippen molar-refractivity contribution < 1.29 is 52.7 Å². The number of amides is 6. The number of benzene rings is 5.